The molecular formula is C11H17NO. The van der Waals surface area contributed by atoms with Crippen molar-refractivity contribution in [1.82, 2.24) is 0 Å². The Balaban J connectivity index is 1.84. The first kappa shape index (κ1) is 7.95. The van der Waals surface area contributed by atoms with Gasteiger partial charge in [-0.1, -0.05) is 12.1 Å². The van der Waals surface area contributed by atoms with Crippen LogP contribution in [0.25, 0.3) is 0 Å². The molecule has 0 aromatic carbocycles. The van der Waals surface area contributed by atoms with Crippen LogP contribution in [0.1, 0.15) is 39.0 Å². The van der Waals surface area contributed by atoms with Crippen LogP contribution in [0.5, 0.6) is 0 Å². The summed E-state index contributed by atoms with van der Waals surface area (Å²) in [7, 11) is 0. The van der Waals surface area contributed by atoms with Crippen LogP contribution in [0, 0.1) is 28.1 Å². The second kappa shape index (κ2) is 2.34. The Bertz CT molecular complexity index is 252. The number of hydrogen-bond donors (Lipinski definition) is 0. The smallest absolute Gasteiger partial charge is 0.0927 e. The Hall–Kier alpha value is -0.400. The molecule has 3 saturated carbocycles. The first-order valence-corrected chi connectivity index (χ1v) is 5.56. The SMILES string of the molecule is CC1CC2C3CC(N=O)CC2(C1)C3. The van der Waals surface area contributed by atoms with E-state index >= 15 is 0 Å². The van der Waals surface area contributed by atoms with Crippen LogP contribution >= 0.6 is 0 Å². The van der Waals surface area contributed by atoms with Crippen LogP contribution in [0.2, 0.25) is 0 Å². The second-order valence-electron chi connectivity index (χ2n) is 5.68. The van der Waals surface area contributed by atoms with Gasteiger partial charge in [-0.05, 0) is 55.3 Å². The van der Waals surface area contributed by atoms with Crippen molar-refractivity contribution >= 4 is 0 Å². The molecule has 5 unspecified atom stereocenters. The fourth-order valence-corrected chi connectivity index (χ4v) is 4.59. The van der Waals surface area contributed by atoms with Gasteiger partial charge in [-0.25, -0.2) is 0 Å². The molecule has 0 aromatic heterocycles. The summed E-state index contributed by atoms with van der Waals surface area (Å²) in [6.45, 7) is 2.37. The molecule has 0 aromatic rings. The normalized spacial score (nSPS) is 58.2. The molecule has 0 N–H and O–H groups in total. The van der Waals surface area contributed by atoms with Gasteiger partial charge in [-0.15, -0.1) is 0 Å². The highest BCUT2D eigenvalue weighted by atomic mass is 16.3. The van der Waals surface area contributed by atoms with Crippen LogP contribution in [0.15, 0.2) is 5.18 Å². The largest absolute Gasteiger partial charge is 0.151 e. The van der Waals surface area contributed by atoms with Gasteiger partial charge in [0.15, 0.2) is 0 Å². The summed E-state index contributed by atoms with van der Waals surface area (Å²) in [5.41, 5.74) is 0.584. The second-order valence-corrected chi connectivity index (χ2v) is 5.68. The third-order valence-corrected chi connectivity index (χ3v) is 4.80. The minimum atomic E-state index is 0.167. The van der Waals surface area contributed by atoms with E-state index in [1.54, 1.807) is 0 Å². The molecule has 0 amide bonds. The van der Waals surface area contributed by atoms with E-state index in [2.05, 4.69) is 12.1 Å². The molecular weight excluding hydrogens is 162 g/mol. The Morgan fingerprint density at radius 1 is 1.23 bits per heavy atom. The van der Waals surface area contributed by atoms with Crippen LogP contribution in [-0.4, -0.2) is 6.04 Å². The van der Waals surface area contributed by atoms with Gasteiger partial charge in [0.2, 0.25) is 0 Å². The van der Waals surface area contributed by atoms with Crippen LogP contribution in [-0.2, 0) is 0 Å². The lowest BCUT2D eigenvalue weighted by atomic mass is 9.47. The summed E-state index contributed by atoms with van der Waals surface area (Å²) in [4.78, 5) is 10.5. The number of rotatable bonds is 1. The lowest BCUT2D eigenvalue weighted by molar-refractivity contribution is -0.0740. The lowest BCUT2D eigenvalue weighted by Gasteiger charge is -2.57. The molecule has 2 nitrogen and oxygen atoms in total. The van der Waals surface area contributed by atoms with Crippen molar-refractivity contribution in [3.63, 3.8) is 0 Å². The Kier molecular flexibility index (Phi) is 1.43. The number of nitroso groups, excluding NO2 is 1. The molecule has 72 valence electrons. The number of hydrogen-bond acceptors (Lipinski definition) is 2. The van der Waals surface area contributed by atoms with Gasteiger partial charge in [-0.3, -0.25) is 0 Å². The molecule has 0 spiro atoms. The summed E-state index contributed by atoms with van der Waals surface area (Å²) < 4.78 is 0. The maximum Gasteiger partial charge on any atom is 0.0927 e. The van der Waals surface area contributed by atoms with Gasteiger partial charge >= 0.3 is 0 Å². The molecule has 3 rings (SSSR count). The van der Waals surface area contributed by atoms with Gasteiger partial charge < -0.3 is 0 Å². The van der Waals surface area contributed by atoms with Gasteiger partial charge in [0, 0.05) is 0 Å². The highest BCUT2D eigenvalue weighted by Gasteiger charge is 2.61. The van der Waals surface area contributed by atoms with Crippen molar-refractivity contribution in [2.45, 2.75) is 45.1 Å². The van der Waals surface area contributed by atoms with E-state index in [0.717, 1.165) is 30.6 Å². The molecule has 3 fully saturated rings. The fourth-order valence-electron chi connectivity index (χ4n) is 4.59. The first-order chi connectivity index (χ1) is 6.23. The monoisotopic (exact) mass is 179 g/mol. The maximum absolute atomic E-state index is 10.5. The van der Waals surface area contributed by atoms with Gasteiger partial charge in [0.25, 0.3) is 0 Å². The third-order valence-electron chi connectivity index (χ3n) is 4.80. The quantitative estimate of drug-likeness (QED) is 0.569. The fraction of sp³-hybridized carbons (Fsp3) is 1.00. The van der Waals surface area contributed by atoms with Crippen molar-refractivity contribution in [1.29, 1.82) is 0 Å². The zero-order chi connectivity index (χ0) is 9.05. The third kappa shape index (κ3) is 0.893. The zero-order valence-corrected chi connectivity index (χ0v) is 8.20. The zero-order valence-electron chi connectivity index (χ0n) is 8.20. The van der Waals surface area contributed by atoms with E-state index in [1.165, 1.54) is 19.3 Å². The standard InChI is InChI=1S/C11H17NO/c1-7-2-10-8-3-9(12-13)6-11(10,4-7)5-8/h7-10H,2-6H2,1H3. The van der Waals surface area contributed by atoms with E-state index in [-0.39, 0.29) is 6.04 Å². The van der Waals surface area contributed by atoms with Crippen molar-refractivity contribution in [3.8, 4) is 0 Å². The van der Waals surface area contributed by atoms with Crippen molar-refractivity contribution in [3.05, 3.63) is 4.91 Å². The van der Waals surface area contributed by atoms with E-state index < -0.39 is 0 Å². The van der Waals surface area contributed by atoms with E-state index in [0.29, 0.717) is 5.41 Å². The highest BCUT2D eigenvalue weighted by molar-refractivity contribution is 5.12. The summed E-state index contributed by atoms with van der Waals surface area (Å²) in [5, 5.41) is 3.26. The van der Waals surface area contributed by atoms with Crippen molar-refractivity contribution in [2.24, 2.45) is 28.3 Å². The molecule has 3 aliphatic rings. The van der Waals surface area contributed by atoms with Gasteiger partial charge in [0.05, 0.1) is 6.04 Å². The molecule has 2 heteroatoms. The first-order valence-electron chi connectivity index (χ1n) is 5.56. The minimum Gasteiger partial charge on any atom is -0.151 e. The Morgan fingerprint density at radius 2 is 2.08 bits per heavy atom. The Labute approximate surface area is 79.1 Å². The average molecular weight is 179 g/mol. The molecule has 0 heterocycles. The average Bonchev–Trinajstić information content (AvgIpc) is 2.38. The highest BCUT2D eigenvalue weighted by Crippen LogP contribution is 2.69. The predicted octanol–water partition coefficient (Wildman–Crippen LogP) is 2.97. The van der Waals surface area contributed by atoms with Crippen molar-refractivity contribution in [2.75, 3.05) is 0 Å². The van der Waals surface area contributed by atoms with Gasteiger partial charge in [-0.2, -0.15) is 4.91 Å². The molecule has 2 bridgehead atoms. The molecule has 0 aliphatic heterocycles. The predicted molar refractivity (Wildman–Crippen MR) is 51.2 cm³/mol. The lowest BCUT2D eigenvalue weighted by Crippen LogP contribution is -2.51. The molecule has 0 radical (unpaired) electrons. The summed E-state index contributed by atoms with van der Waals surface area (Å²) in [6, 6.07) is 0.167. The van der Waals surface area contributed by atoms with E-state index in [9.17, 15) is 4.91 Å². The van der Waals surface area contributed by atoms with Crippen molar-refractivity contribution < 1.29 is 0 Å². The summed E-state index contributed by atoms with van der Waals surface area (Å²) in [6.07, 6.45) is 6.43. The van der Waals surface area contributed by atoms with E-state index in [4.69, 9.17) is 0 Å². The topological polar surface area (TPSA) is 29.4 Å². The molecule has 13 heavy (non-hydrogen) atoms. The summed E-state index contributed by atoms with van der Waals surface area (Å²) in [5.74, 6) is 2.74. The van der Waals surface area contributed by atoms with Crippen LogP contribution < -0.4 is 0 Å². The maximum atomic E-state index is 10.5. The van der Waals surface area contributed by atoms with E-state index in [1.807, 2.05) is 0 Å². The molecule has 5 atom stereocenters. The van der Waals surface area contributed by atoms with Crippen LogP contribution in [0.3, 0.4) is 0 Å². The minimum absolute atomic E-state index is 0.167. The van der Waals surface area contributed by atoms with Gasteiger partial charge in [0.1, 0.15) is 0 Å². The molecule has 0 saturated heterocycles. The molecule has 3 aliphatic carbocycles. The van der Waals surface area contributed by atoms with Crippen LogP contribution in [0.4, 0.5) is 0 Å². The number of nitrogens with zero attached hydrogens (tertiary/aromatic N) is 1. The Morgan fingerprint density at radius 3 is 2.85 bits per heavy atom. The summed E-state index contributed by atoms with van der Waals surface area (Å²) >= 11 is 0.